The van der Waals surface area contributed by atoms with Crippen molar-refractivity contribution in [3.05, 3.63) is 27.6 Å². The summed E-state index contributed by atoms with van der Waals surface area (Å²) in [6.45, 7) is 0. The van der Waals surface area contributed by atoms with Gasteiger partial charge in [-0.2, -0.15) is 0 Å². The molecule has 2 aromatic rings. The third-order valence-corrected chi connectivity index (χ3v) is 3.57. The van der Waals surface area contributed by atoms with Gasteiger partial charge in [-0.15, -0.1) is 5.14 Å². The molecular formula is C8H3Cl3N3O2S. The molecule has 0 aliphatic carbocycles. The summed E-state index contributed by atoms with van der Waals surface area (Å²) in [5.41, 5.74) is 0.240. The van der Waals surface area contributed by atoms with Crippen LogP contribution in [-0.2, 0) is 10.0 Å². The molecule has 0 aliphatic heterocycles. The van der Waals surface area contributed by atoms with Gasteiger partial charge in [0.05, 0.1) is 15.4 Å². The molecule has 5 nitrogen and oxygen atoms in total. The number of hydrogen-bond donors (Lipinski definition) is 0. The first-order valence-electron chi connectivity index (χ1n) is 4.11. The zero-order valence-corrected chi connectivity index (χ0v) is 11.0. The molecule has 0 spiro atoms. The number of sulfonamides is 1. The molecule has 1 radical (unpaired) electrons. The number of benzene rings is 1. The molecular weight excluding hydrogens is 309 g/mol. The molecule has 89 valence electrons. The second-order valence-corrected chi connectivity index (χ2v) is 5.67. The van der Waals surface area contributed by atoms with Gasteiger partial charge >= 0.3 is 0 Å². The SMILES string of the molecule is [NH]S(=O)(=O)c1cc(Cl)c2nc(Cl)nc(Cl)c2c1. The largest absolute Gasteiger partial charge is 0.254 e. The molecule has 0 unspecified atom stereocenters. The number of nitrogens with zero attached hydrogens (tertiary/aromatic N) is 2. The van der Waals surface area contributed by atoms with Gasteiger partial charge in [0.1, 0.15) is 5.15 Å². The predicted octanol–water partition coefficient (Wildman–Crippen LogP) is 2.56. The minimum atomic E-state index is -4.13. The standard InChI is InChI=1S/C8H3Cl3N3O2S/c9-5-2-3(17(12,15)16)1-4-6(5)13-8(11)14-7(4)10/h1-2,12H. The van der Waals surface area contributed by atoms with Gasteiger partial charge in [-0.25, -0.2) is 18.4 Å². The maximum Gasteiger partial charge on any atom is 0.254 e. The minimum Gasteiger partial charge on any atom is -0.216 e. The average molecular weight is 312 g/mol. The van der Waals surface area contributed by atoms with Crippen molar-refractivity contribution in [3.63, 3.8) is 0 Å². The van der Waals surface area contributed by atoms with Crippen LogP contribution in [-0.4, -0.2) is 18.4 Å². The Hall–Kier alpha value is -0.660. The first-order chi connectivity index (χ1) is 7.79. The van der Waals surface area contributed by atoms with Crippen LogP contribution in [0.3, 0.4) is 0 Å². The van der Waals surface area contributed by atoms with Gasteiger partial charge in [-0.05, 0) is 23.7 Å². The zero-order chi connectivity index (χ0) is 12.8. The molecule has 0 aliphatic rings. The molecule has 2 rings (SSSR count). The van der Waals surface area contributed by atoms with E-state index in [0.29, 0.717) is 0 Å². The van der Waals surface area contributed by atoms with Crippen LogP contribution in [0, 0.1) is 0 Å². The van der Waals surface area contributed by atoms with Crippen molar-refractivity contribution in [2.45, 2.75) is 4.90 Å². The van der Waals surface area contributed by atoms with Gasteiger partial charge in [0.25, 0.3) is 10.0 Å². The summed E-state index contributed by atoms with van der Waals surface area (Å²) in [5.74, 6) is 0. The minimum absolute atomic E-state index is 0.0209. The molecule has 1 heterocycles. The van der Waals surface area contributed by atoms with Gasteiger partial charge in [0.15, 0.2) is 0 Å². The van der Waals surface area contributed by atoms with Crippen LogP contribution in [0.15, 0.2) is 17.0 Å². The van der Waals surface area contributed by atoms with E-state index in [0.717, 1.165) is 6.07 Å². The Kier molecular flexibility index (Phi) is 3.17. The molecule has 17 heavy (non-hydrogen) atoms. The predicted molar refractivity (Wildman–Crippen MR) is 64.9 cm³/mol. The van der Waals surface area contributed by atoms with E-state index in [1.165, 1.54) is 6.07 Å². The first-order valence-corrected chi connectivity index (χ1v) is 6.72. The molecule has 1 aromatic heterocycles. The third-order valence-electron chi connectivity index (χ3n) is 1.96. The number of fused-ring (bicyclic) bond motifs is 1. The summed E-state index contributed by atoms with van der Waals surface area (Å²) in [4.78, 5) is 7.24. The van der Waals surface area contributed by atoms with Crippen molar-refractivity contribution in [2.75, 3.05) is 0 Å². The lowest BCUT2D eigenvalue weighted by atomic mass is 10.2. The van der Waals surface area contributed by atoms with Gasteiger partial charge in [-0.3, -0.25) is 0 Å². The molecule has 0 saturated carbocycles. The Morgan fingerprint density at radius 1 is 1.12 bits per heavy atom. The van der Waals surface area contributed by atoms with E-state index in [2.05, 4.69) is 9.97 Å². The van der Waals surface area contributed by atoms with Crippen molar-refractivity contribution in [1.82, 2.24) is 15.1 Å². The summed E-state index contributed by atoms with van der Waals surface area (Å²) in [7, 11) is -4.13. The summed E-state index contributed by atoms with van der Waals surface area (Å²) in [6, 6.07) is 2.30. The van der Waals surface area contributed by atoms with E-state index in [-0.39, 0.29) is 31.3 Å². The van der Waals surface area contributed by atoms with E-state index >= 15 is 0 Å². The lowest BCUT2D eigenvalue weighted by Crippen LogP contribution is -2.01. The molecule has 0 atom stereocenters. The Morgan fingerprint density at radius 2 is 1.76 bits per heavy atom. The molecule has 0 saturated heterocycles. The zero-order valence-electron chi connectivity index (χ0n) is 7.91. The number of hydrogen-bond acceptors (Lipinski definition) is 4. The monoisotopic (exact) mass is 310 g/mol. The van der Waals surface area contributed by atoms with Crippen molar-refractivity contribution in [3.8, 4) is 0 Å². The molecule has 0 fully saturated rings. The highest BCUT2D eigenvalue weighted by Gasteiger charge is 2.15. The second-order valence-electron chi connectivity index (χ2n) is 3.09. The molecule has 1 N–H and O–H groups in total. The number of halogens is 3. The van der Waals surface area contributed by atoms with E-state index in [1.54, 1.807) is 0 Å². The van der Waals surface area contributed by atoms with Crippen molar-refractivity contribution < 1.29 is 8.42 Å². The van der Waals surface area contributed by atoms with Crippen LogP contribution in [0.4, 0.5) is 0 Å². The summed E-state index contributed by atoms with van der Waals surface area (Å²) in [6.07, 6.45) is 0. The van der Waals surface area contributed by atoms with Crippen molar-refractivity contribution >= 4 is 55.7 Å². The molecule has 0 amide bonds. The highest BCUT2D eigenvalue weighted by Crippen LogP contribution is 2.30. The molecule has 9 heteroatoms. The topological polar surface area (TPSA) is 83.7 Å². The maximum atomic E-state index is 11.1. The normalized spacial score (nSPS) is 12.0. The number of aromatic nitrogens is 2. The van der Waals surface area contributed by atoms with Crippen LogP contribution >= 0.6 is 34.8 Å². The fourth-order valence-electron chi connectivity index (χ4n) is 1.26. The van der Waals surface area contributed by atoms with Gasteiger partial charge < -0.3 is 0 Å². The number of nitrogens with one attached hydrogen (secondary N) is 1. The molecule has 1 aromatic carbocycles. The van der Waals surface area contributed by atoms with Crippen LogP contribution < -0.4 is 5.14 Å². The van der Waals surface area contributed by atoms with E-state index < -0.39 is 10.0 Å². The Bertz CT molecular complexity index is 718. The second kappa shape index (κ2) is 4.22. The lowest BCUT2D eigenvalue weighted by Gasteiger charge is -2.04. The van der Waals surface area contributed by atoms with E-state index in [4.69, 9.17) is 39.9 Å². The fraction of sp³-hybridized carbons (Fsp3) is 0. The summed E-state index contributed by atoms with van der Waals surface area (Å²) >= 11 is 17.3. The maximum absolute atomic E-state index is 11.1. The Labute approximate surface area is 112 Å². The van der Waals surface area contributed by atoms with Gasteiger partial charge in [0, 0.05) is 5.39 Å². The van der Waals surface area contributed by atoms with Crippen LogP contribution in [0.5, 0.6) is 0 Å². The van der Waals surface area contributed by atoms with E-state index in [9.17, 15) is 8.42 Å². The highest BCUT2D eigenvalue weighted by molar-refractivity contribution is 7.88. The average Bonchev–Trinajstić information content (AvgIpc) is 2.17. The smallest absolute Gasteiger partial charge is 0.216 e. The van der Waals surface area contributed by atoms with Crippen molar-refractivity contribution in [2.24, 2.45) is 0 Å². The van der Waals surface area contributed by atoms with Gasteiger partial charge in [-0.1, -0.05) is 23.2 Å². The Morgan fingerprint density at radius 3 is 2.35 bits per heavy atom. The van der Waals surface area contributed by atoms with Gasteiger partial charge in [0.2, 0.25) is 5.28 Å². The fourth-order valence-corrected chi connectivity index (χ4v) is 2.57. The number of rotatable bonds is 1. The quantitative estimate of drug-likeness (QED) is 0.598. The summed E-state index contributed by atoms with van der Waals surface area (Å²) in [5, 5.41) is 7.12. The van der Waals surface area contributed by atoms with E-state index in [1.807, 2.05) is 0 Å². The summed E-state index contributed by atoms with van der Waals surface area (Å²) < 4.78 is 22.2. The van der Waals surface area contributed by atoms with Crippen LogP contribution in [0.25, 0.3) is 10.9 Å². The van der Waals surface area contributed by atoms with Crippen molar-refractivity contribution in [1.29, 1.82) is 0 Å². The Balaban J connectivity index is 2.92. The van der Waals surface area contributed by atoms with Crippen LogP contribution in [0.1, 0.15) is 0 Å². The molecule has 0 bridgehead atoms. The third kappa shape index (κ3) is 2.46. The van der Waals surface area contributed by atoms with Crippen LogP contribution in [0.2, 0.25) is 15.5 Å². The highest BCUT2D eigenvalue weighted by atomic mass is 35.5. The first kappa shape index (κ1) is 12.8. The lowest BCUT2D eigenvalue weighted by molar-refractivity contribution is 0.596.